The van der Waals surface area contributed by atoms with Gasteiger partial charge in [-0.05, 0) is 25.3 Å². The fourth-order valence-corrected chi connectivity index (χ4v) is 1.87. The van der Waals surface area contributed by atoms with Crippen LogP contribution in [0.15, 0.2) is 10.6 Å². The minimum atomic E-state index is -1.09. The Morgan fingerprint density at radius 1 is 1.71 bits per heavy atom. The van der Waals surface area contributed by atoms with Crippen LogP contribution >= 0.6 is 0 Å². The van der Waals surface area contributed by atoms with Gasteiger partial charge < -0.3 is 19.7 Å². The molecule has 1 aromatic heterocycles. The van der Waals surface area contributed by atoms with Crippen molar-refractivity contribution < 1.29 is 19.2 Å². The smallest absolute Gasteiger partial charge is 0.358 e. The van der Waals surface area contributed by atoms with Crippen molar-refractivity contribution in [3.8, 4) is 0 Å². The molecule has 1 fully saturated rings. The fraction of sp³-hybridized carbons (Fsp3) is 0.636. The lowest BCUT2D eigenvalue weighted by Crippen LogP contribution is -2.32. The third-order valence-electron chi connectivity index (χ3n) is 2.77. The molecule has 0 amide bonds. The summed E-state index contributed by atoms with van der Waals surface area (Å²) in [6, 6.07) is 1.39. The Morgan fingerprint density at radius 3 is 3.24 bits per heavy atom. The zero-order valence-corrected chi connectivity index (χ0v) is 9.52. The first kappa shape index (κ1) is 12.1. The molecule has 1 saturated heterocycles. The van der Waals surface area contributed by atoms with Crippen LogP contribution < -0.4 is 5.32 Å². The molecule has 2 heterocycles. The van der Waals surface area contributed by atoms with Crippen molar-refractivity contribution in [3.63, 3.8) is 0 Å². The number of hydrogen-bond acceptors (Lipinski definition) is 5. The van der Waals surface area contributed by atoms with Gasteiger partial charge in [-0.1, -0.05) is 5.16 Å². The molecule has 94 valence electrons. The van der Waals surface area contributed by atoms with Crippen molar-refractivity contribution >= 4 is 5.97 Å². The second kappa shape index (κ2) is 5.79. The predicted octanol–water partition coefficient (Wildman–Crippen LogP) is 0.889. The molecule has 17 heavy (non-hydrogen) atoms. The van der Waals surface area contributed by atoms with Gasteiger partial charge in [0, 0.05) is 12.6 Å². The molecule has 0 bridgehead atoms. The van der Waals surface area contributed by atoms with Gasteiger partial charge in [0.05, 0.1) is 6.61 Å². The van der Waals surface area contributed by atoms with E-state index in [-0.39, 0.29) is 12.3 Å². The number of carboxylic acid groups (broad SMARTS) is 1. The van der Waals surface area contributed by atoms with Crippen LogP contribution in [0.5, 0.6) is 0 Å². The minimum absolute atomic E-state index is 0.0806. The number of hydrogen-bond donors (Lipinski definition) is 2. The number of rotatable bonds is 5. The van der Waals surface area contributed by atoms with Gasteiger partial charge in [0.15, 0.2) is 11.5 Å². The number of aromatic carboxylic acids is 1. The summed E-state index contributed by atoms with van der Waals surface area (Å²) in [6.45, 7) is 3.00. The van der Waals surface area contributed by atoms with Gasteiger partial charge in [0.1, 0.15) is 6.61 Å². The Bertz CT molecular complexity index is 371. The molecule has 2 N–H and O–H groups in total. The topological polar surface area (TPSA) is 84.6 Å². The van der Waals surface area contributed by atoms with E-state index < -0.39 is 5.97 Å². The van der Waals surface area contributed by atoms with Crippen LogP contribution in [0.1, 0.15) is 29.1 Å². The van der Waals surface area contributed by atoms with Crippen molar-refractivity contribution in [1.82, 2.24) is 10.5 Å². The second-order valence-corrected chi connectivity index (χ2v) is 4.21. The molecule has 1 atom stereocenters. The normalized spacial score (nSPS) is 20.4. The lowest BCUT2D eigenvalue weighted by molar-refractivity contribution is 0.0637. The van der Waals surface area contributed by atoms with Gasteiger partial charge >= 0.3 is 5.97 Å². The molecule has 2 rings (SSSR count). The maximum absolute atomic E-state index is 10.6. The second-order valence-electron chi connectivity index (χ2n) is 4.21. The summed E-state index contributed by atoms with van der Waals surface area (Å²) in [4.78, 5) is 10.6. The van der Waals surface area contributed by atoms with E-state index in [1.54, 1.807) is 0 Å². The van der Waals surface area contributed by atoms with Crippen molar-refractivity contribution in [1.29, 1.82) is 0 Å². The highest BCUT2D eigenvalue weighted by molar-refractivity contribution is 5.85. The van der Waals surface area contributed by atoms with Crippen LogP contribution in [0, 0.1) is 5.92 Å². The van der Waals surface area contributed by atoms with Gasteiger partial charge in [0.25, 0.3) is 0 Å². The average Bonchev–Trinajstić information content (AvgIpc) is 2.79. The SMILES string of the molecule is O=C(O)c1cc(COCC2CCCNC2)on1. The van der Waals surface area contributed by atoms with Crippen LogP contribution in [0.4, 0.5) is 0 Å². The Labute approximate surface area is 98.9 Å². The van der Waals surface area contributed by atoms with E-state index >= 15 is 0 Å². The number of carbonyl (C=O) groups is 1. The van der Waals surface area contributed by atoms with E-state index in [4.69, 9.17) is 14.4 Å². The molecule has 6 heteroatoms. The molecule has 0 radical (unpaired) electrons. The molecule has 0 spiro atoms. The standard InChI is InChI=1S/C11H16N2O4/c14-11(15)10-4-9(17-13-10)7-16-6-8-2-1-3-12-5-8/h4,8,12H,1-3,5-7H2,(H,14,15). The van der Waals surface area contributed by atoms with Crippen molar-refractivity contribution in [3.05, 3.63) is 17.5 Å². The Morgan fingerprint density at radius 2 is 2.59 bits per heavy atom. The molecule has 1 unspecified atom stereocenters. The number of ether oxygens (including phenoxy) is 1. The zero-order chi connectivity index (χ0) is 12.1. The molecule has 1 aliphatic rings. The first-order valence-electron chi connectivity index (χ1n) is 5.73. The van der Waals surface area contributed by atoms with Crippen LogP contribution in [0.3, 0.4) is 0 Å². The Kier molecular flexibility index (Phi) is 4.11. The third kappa shape index (κ3) is 3.54. The molecule has 0 saturated carbocycles. The molecular weight excluding hydrogens is 224 g/mol. The van der Waals surface area contributed by atoms with E-state index in [2.05, 4.69) is 10.5 Å². The number of nitrogens with one attached hydrogen (secondary N) is 1. The van der Waals surface area contributed by atoms with Gasteiger partial charge in [0.2, 0.25) is 0 Å². The van der Waals surface area contributed by atoms with E-state index in [0.717, 1.165) is 13.1 Å². The van der Waals surface area contributed by atoms with Crippen LogP contribution in [-0.2, 0) is 11.3 Å². The van der Waals surface area contributed by atoms with Gasteiger partial charge in [-0.15, -0.1) is 0 Å². The summed E-state index contributed by atoms with van der Waals surface area (Å²) in [7, 11) is 0. The van der Waals surface area contributed by atoms with E-state index in [0.29, 0.717) is 18.3 Å². The molecular formula is C11H16N2O4. The number of nitrogens with zero attached hydrogens (tertiary/aromatic N) is 1. The maximum Gasteiger partial charge on any atom is 0.358 e. The molecule has 1 aliphatic heterocycles. The predicted molar refractivity (Wildman–Crippen MR) is 58.7 cm³/mol. The monoisotopic (exact) mass is 240 g/mol. The summed E-state index contributed by atoms with van der Waals surface area (Å²) >= 11 is 0. The number of aromatic nitrogens is 1. The molecule has 6 nitrogen and oxygen atoms in total. The summed E-state index contributed by atoms with van der Waals surface area (Å²) in [5.41, 5.74) is -0.0806. The van der Waals surface area contributed by atoms with Crippen LogP contribution in [0.25, 0.3) is 0 Å². The van der Waals surface area contributed by atoms with Crippen molar-refractivity contribution in [2.45, 2.75) is 19.4 Å². The largest absolute Gasteiger partial charge is 0.476 e. The number of piperidine rings is 1. The first-order valence-corrected chi connectivity index (χ1v) is 5.73. The summed E-state index contributed by atoms with van der Waals surface area (Å²) < 4.78 is 10.3. The first-order chi connectivity index (χ1) is 8.25. The highest BCUT2D eigenvalue weighted by Gasteiger charge is 2.14. The Hall–Kier alpha value is -1.40. The highest BCUT2D eigenvalue weighted by Crippen LogP contribution is 2.12. The van der Waals surface area contributed by atoms with Gasteiger partial charge in [-0.25, -0.2) is 4.79 Å². The van der Waals surface area contributed by atoms with E-state index in [1.807, 2.05) is 0 Å². The number of carboxylic acids is 1. The lowest BCUT2D eigenvalue weighted by Gasteiger charge is -2.22. The van der Waals surface area contributed by atoms with Crippen molar-refractivity contribution in [2.75, 3.05) is 19.7 Å². The summed E-state index contributed by atoms with van der Waals surface area (Å²) in [6.07, 6.45) is 2.35. The molecule has 0 aromatic carbocycles. The van der Waals surface area contributed by atoms with Gasteiger partial charge in [-0.2, -0.15) is 0 Å². The lowest BCUT2D eigenvalue weighted by atomic mass is 10.0. The highest BCUT2D eigenvalue weighted by atomic mass is 16.5. The van der Waals surface area contributed by atoms with E-state index in [1.165, 1.54) is 18.9 Å². The fourth-order valence-electron chi connectivity index (χ4n) is 1.87. The van der Waals surface area contributed by atoms with E-state index in [9.17, 15) is 4.79 Å². The van der Waals surface area contributed by atoms with Crippen LogP contribution in [-0.4, -0.2) is 35.9 Å². The maximum atomic E-state index is 10.6. The van der Waals surface area contributed by atoms with Gasteiger partial charge in [-0.3, -0.25) is 0 Å². The van der Waals surface area contributed by atoms with Crippen molar-refractivity contribution in [2.24, 2.45) is 5.92 Å². The van der Waals surface area contributed by atoms with Crippen LogP contribution in [0.2, 0.25) is 0 Å². The minimum Gasteiger partial charge on any atom is -0.476 e. The molecule has 1 aromatic rings. The quantitative estimate of drug-likeness (QED) is 0.795. The molecule has 0 aliphatic carbocycles. The summed E-state index contributed by atoms with van der Waals surface area (Å²) in [5, 5.41) is 15.4. The summed E-state index contributed by atoms with van der Waals surface area (Å²) in [5.74, 6) is -0.103. The third-order valence-corrected chi connectivity index (χ3v) is 2.77. The Balaban J connectivity index is 1.71. The average molecular weight is 240 g/mol. The zero-order valence-electron chi connectivity index (χ0n) is 9.52.